The van der Waals surface area contributed by atoms with E-state index >= 15 is 0 Å². The molecule has 1 aromatic heterocycles. The Morgan fingerprint density at radius 1 is 1.22 bits per heavy atom. The summed E-state index contributed by atoms with van der Waals surface area (Å²) in [6, 6.07) is 8.53. The number of carbonyl (C=O) groups excluding carboxylic acids is 1. The first-order valence-electron chi connectivity index (χ1n) is 8.17. The first kappa shape index (κ1) is 18.7. The number of urea groups is 1. The van der Waals surface area contributed by atoms with Crippen molar-refractivity contribution in [3.8, 4) is 5.69 Å². The van der Waals surface area contributed by atoms with Crippen LogP contribution >= 0.6 is 0 Å². The largest absolute Gasteiger partial charge is 0.481 e. The lowest BCUT2D eigenvalue weighted by molar-refractivity contribution is -0.187. The second kappa shape index (κ2) is 7.29. The molecule has 144 valence electrons. The molecule has 27 heavy (non-hydrogen) atoms. The van der Waals surface area contributed by atoms with E-state index in [-0.39, 0.29) is 6.54 Å². The lowest BCUT2D eigenvalue weighted by Gasteiger charge is -2.18. The van der Waals surface area contributed by atoms with Crippen molar-refractivity contribution in [1.29, 1.82) is 0 Å². The van der Waals surface area contributed by atoms with E-state index in [4.69, 9.17) is 5.11 Å². The molecule has 2 heterocycles. The summed E-state index contributed by atoms with van der Waals surface area (Å²) in [5.74, 6) is -5.28. The highest BCUT2D eigenvalue weighted by Crippen LogP contribution is 2.37. The average Bonchev–Trinajstić information content (AvgIpc) is 3.27. The fourth-order valence-corrected chi connectivity index (χ4v) is 3.01. The number of carbonyl (C=O) groups is 2. The van der Waals surface area contributed by atoms with Gasteiger partial charge < -0.3 is 15.3 Å². The number of halogens is 3. The number of rotatable bonds is 4. The van der Waals surface area contributed by atoms with E-state index in [1.54, 1.807) is 10.9 Å². The number of hydrogen-bond donors (Lipinski definition) is 2. The van der Waals surface area contributed by atoms with Crippen molar-refractivity contribution in [3.63, 3.8) is 0 Å². The zero-order valence-corrected chi connectivity index (χ0v) is 14.1. The van der Waals surface area contributed by atoms with Gasteiger partial charge in [-0.05, 0) is 12.1 Å². The summed E-state index contributed by atoms with van der Waals surface area (Å²) in [5.41, 5.74) is 1.49. The van der Waals surface area contributed by atoms with Gasteiger partial charge in [0, 0.05) is 31.4 Å². The maximum Gasteiger partial charge on any atom is 0.394 e. The topological polar surface area (TPSA) is 87.5 Å². The molecule has 2 aromatic rings. The van der Waals surface area contributed by atoms with Crippen molar-refractivity contribution < 1.29 is 27.9 Å². The molecule has 2 N–H and O–H groups in total. The summed E-state index contributed by atoms with van der Waals surface area (Å²) in [5, 5.41) is 15.7. The van der Waals surface area contributed by atoms with E-state index < -0.39 is 43.1 Å². The van der Waals surface area contributed by atoms with Gasteiger partial charge in [0.2, 0.25) is 0 Å². The molecule has 2 amide bonds. The van der Waals surface area contributed by atoms with Crippen LogP contribution in [0.4, 0.5) is 18.0 Å². The minimum atomic E-state index is -4.67. The van der Waals surface area contributed by atoms with E-state index in [0.29, 0.717) is 5.56 Å². The number of nitrogens with one attached hydrogen (secondary N) is 1. The maximum atomic E-state index is 13.0. The number of nitrogens with zero attached hydrogens (tertiary/aromatic N) is 3. The number of aliphatic carboxylic acids is 1. The van der Waals surface area contributed by atoms with E-state index in [2.05, 4.69) is 10.4 Å². The van der Waals surface area contributed by atoms with Crippen LogP contribution in [0.1, 0.15) is 5.56 Å². The minimum Gasteiger partial charge on any atom is -0.481 e. The second-order valence-corrected chi connectivity index (χ2v) is 6.29. The Labute approximate surface area is 152 Å². The number of carboxylic acids is 1. The number of para-hydroxylation sites is 1. The lowest BCUT2D eigenvalue weighted by atomic mass is 9.96. The Kier molecular flexibility index (Phi) is 5.06. The van der Waals surface area contributed by atoms with E-state index in [1.165, 1.54) is 6.20 Å². The first-order chi connectivity index (χ1) is 12.8. The number of amides is 2. The van der Waals surface area contributed by atoms with Gasteiger partial charge in [0.1, 0.15) is 0 Å². The van der Waals surface area contributed by atoms with Crippen LogP contribution < -0.4 is 5.32 Å². The SMILES string of the molecule is O=C(O)[C@@H]1CN(C(=O)NCc2cnn(-c3ccccc3)c2)C[C@H]1C(F)(F)F. The van der Waals surface area contributed by atoms with Gasteiger partial charge in [-0.25, -0.2) is 9.48 Å². The van der Waals surface area contributed by atoms with Crippen LogP contribution in [0.25, 0.3) is 5.69 Å². The van der Waals surface area contributed by atoms with Crippen molar-refractivity contribution in [1.82, 2.24) is 20.0 Å². The highest BCUT2D eigenvalue weighted by Gasteiger charge is 2.53. The lowest BCUT2D eigenvalue weighted by Crippen LogP contribution is -2.39. The van der Waals surface area contributed by atoms with Crippen LogP contribution in [0.5, 0.6) is 0 Å². The second-order valence-electron chi connectivity index (χ2n) is 6.29. The van der Waals surface area contributed by atoms with Crippen molar-refractivity contribution in [2.45, 2.75) is 12.7 Å². The van der Waals surface area contributed by atoms with Crippen LogP contribution in [0.15, 0.2) is 42.7 Å². The molecule has 0 spiro atoms. The molecular weight excluding hydrogens is 365 g/mol. The average molecular weight is 382 g/mol. The number of alkyl halides is 3. The Morgan fingerprint density at radius 2 is 1.93 bits per heavy atom. The third-order valence-corrected chi connectivity index (χ3v) is 4.45. The van der Waals surface area contributed by atoms with E-state index in [1.807, 2.05) is 30.3 Å². The van der Waals surface area contributed by atoms with Crippen LogP contribution in [-0.2, 0) is 11.3 Å². The quantitative estimate of drug-likeness (QED) is 0.849. The van der Waals surface area contributed by atoms with Gasteiger partial charge in [0.05, 0.1) is 23.7 Å². The predicted molar refractivity (Wildman–Crippen MR) is 88.0 cm³/mol. The van der Waals surface area contributed by atoms with Crippen molar-refractivity contribution in [3.05, 3.63) is 48.3 Å². The first-order valence-corrected chi connectivity index (χ1v) is 8.17. The summed E-state index contributed by atoms with van der Waals surface area (Å²) in [6.45, 7) is -1.08. The summed E-state index contributed by atoms with van der Waals surface area (Å²) in [6.07, 6.45) is -1.44. The third-order valence-electron chi connectivity index (χ3n) is 4.45. The van der Waals surface area contributed by atoms with Gasteiger partial charge in [-0.15, -0.1) is 0 Å². The fraction of sp³-hybridized carbons (Fsp3) is 0.353. The summed E-state index contributed by atoms with van der Waals surface area (Å²) in [4.78, 5) is 24.1. The molecule has 0 unspecified atom stereocenters. The molecule has 3 rings (SSSR count). The van der Waals surface area contributed by atoms with Gasteiger partial charge in [0.25, 0.3) is 0 Å². The van der Waals surface area contributed by atoms with Gasteiger partial charge in [-0.3, -0.25) is 4.79 Å². The molecule has 1 saturated heterocycles. The highest BCUT2D eigenvalue weighted by atomic mass is 19.4. The summed E-state index contributed by atoms with van der Waals surface area (Å²) >= 11 is 0. The molecule has 0 aliphatic carbocycles. The van der Waals surface area contributed by atoms with E-state index in [0.717, 1.165) is 10.6 Å². The van der Waals surface area contributed by atoms with Gasteiger partial charge in [-0.1, -0.05) is 18.2 Å². The molecule has 0 bridgehead atoms. The summed E-state index contributed by atoms with van der Waals surface area (Å²) in [7, 11) is 0. The van der Waals surface area contributed by atoms with Crippen molar-refractivity contribution in [2.75, 3.05) is 13.1 Å². The zero-order valence-electron chi connectivity index (χ0n) is 14.1. The van der Waals surface area contributed by atoms with Crippen LogP contribution in [0, 0.1) is 11.8 Å². The Bertz CT molecular complexity index is 822. The Morgan fingerprint density at radius 3 is 2.52 bits per heavy atom. The molecule has 1 aliphatic heterocycles. The van der Waals surface area contributed by atoms with Gasteiger partial charge >= 0.3 is 18.2 Å². The predicted octanol–water partition coefficient (Wildman–Crippen LogP) is 2.28. The molecule has 2 atom stereocenters. The van der Waals surface area contributed by atoms with Gasteiger partial charge in [-0.2, -0.15) is 18.3 Å². The van der Waals surface area contributed by atoms with Gasteiger partial charge in [0.15, 0.2) is 0 Å². The normalized spacial score (nSPS) is 19.9. The molecule has 0 saturated carbocycles. The van der Waals surface area contributed by atoms with Crippen LogP contribution in [-0.4, -0.2) is 51.1 Å². The molecule has 10 heteroatoms. The number of hydrogen-bond acceptors (Lipinski definition) is 3. The molecule has 0 radical (unpaired) electrons. The molecule has 1 fully saturated rings. The third kappa shape index (κ3) is 4.21. The molecule has 7 nitrogen and oxygen atoms in total. The van der Waals surface area contributed by atoms with Crippen LogP contribution in [0.3, 0.4) is 0 Å². The molecule has 1 aliphatic rings. The Hall–Kier alpha value is -3.04. The van der Waals surface area contributed by atoms with E-state index in [9.17, 15) is 22.8 Å². The molecule has 1 aromatic carbocycles. The standard InChI is InChI=1S/C17H17F3N4O3/c18-17(19,20)14-10-23(9-13(14)15(25)26)16(27)21-6-11-7-22-24(8-11)12-4-2-1-3-5-12/h1-5,7-8,13-14H,6,9-10H2,(H,21,27)(H,25,26)/t13-,14-/m1/s1. The fourth-order valence-electron chi connectivity index (χ4n) is 3.01. The smallest absolute Gasteiger partial charge is 0.394 e. The highest BCUT2D eigenvalue weighted by molar-refractivity contribution is 5.77. The minimum absolute atomic E-state index is 0.0661. The number of carboxylic acid groups (broad SMARTS) is 1. The number of benzene rings is 1. The van der Waals surface area contributed by atoms with Crippen molar-refractivity contribution >= 4 is 12.0 Å². The van der Waals surface area contributed by atoms with Crippen LogP contribution in [0.2, 0.25) is 0 Å². The summed E-state index contributed by atoms with van der Waals surface area (Å²) < 4.78 is 40.6. The number of likely N-dealkylation sites (tertiary alicyclic amines) is 1. The zero-order chi connectivity index (χ0) is 19.6. The number of aromatic nitrogens is 2. The van der Waals surface area contributed by atoms with Crippen molar-refractivity contribution in [2.24, 2.45) is 11.8 Å². The Balaban J connectivity index is 1.60. The monoisotopic (exact) mass is 382 g/mol. The molecular formula is C17H17F3N4O3. The maximum absolute atomic E-state index is 13.0.